The van der Waals surface area contributed by atoms with Crippen molar-refractivity contribution in [2.45, 2.75) is 25.3 Å². The van der Waals surface area contributed by atoms with Gasteiger partial charge in [-0.25, -0.2) is 4.98 Å². The van der Waals surface area contributed by atoms with Crippen molar-refractivity contribution in [2.75, 3.05) is 23.7 Å². The van der Waals surface area contributed by atoms with Gasteiger partial charge in [0.25, 0.3) is 0 Å². The number of benzene rings is 1. The second-order valence-corrected chi connectivity index (χ2v) is 6.58. The lowest BCUT2D eigenvalue weighted by atomic mass is 10.2. The molecule has 3 rings (SSSR count). The summed E-state index contributed by atoms with van der Waals surface area (Å²) in [5.41, 5.74) is 0.794. The quantitative estimate of drug-likeness (QED) is 0.845. The molecule has 6 nitrogen and oxygen atoms in total. The first-order valence-electron chi connectivity index (χ1n) is 8.02. The molecule has 1 unspecified atom stereocenters. The van der Waals surface area contributed by atoms with Crippen LogP contribution in [0, 0.1) is 0 Å². The van der Waals surface area contributed by atoms with Crippen molar-refractivity contribution in [3.05, 3.63) is 41.9 Å². The van der Waals surface area contributed by atoms with E-state index >= 15 is 0 Å². The predicted molar refractivity (Wildman–Crippen MR) is 95.0 cm³/mol. The second kappa shape index (κ2) is 8.03. The first kappa shape index (κ1) is 16.6. The normalized spacial score (nSPS) is 17.6. The number of para-hydroxylation sites is 1. The zero-order valence-electron chi connectivity index (χ0n) is 13.3. The van der Waals surface area contributed by atoms with Gasteiger partial charge in [0.2, 0.25) is 11.8 Å². The molecule has 2 heterocycles. The van der Waals surface area contributed by atoms with Crippen LogP contribution >= 0.6 is 11.3 Å². The Morgan fingerprint density at radius 1 is 1.25 bits per heavy atom. The zero-order valence-corrected chi connectivity index (χ0v) is 14.1. The third kappa shape index (κ3) is 4.39. The van der Waals surface area contributed by atoms with Crippen LogP contribution in [-0.4, -0.2) is 40.8 Å². The Balaban J connectivity index is 1.48. The van der Waals surface area contributed by atoms with Crippen molar-refractivity contribution in [3.8, 4) is 0 Å². The van der Waals surface area contributed by atoms with E-state index in [1.807, 2.05) is 35.7 Å². The summed E-state index contributed by atoms with van der Waals surface area (Å²) < 4.78 is 0. The standard InChI is InChI=1S/C17H20N4O2S/c22-15(19-13-5-2-1-3-6-13)8-11-21-10-4-7-14(21)16(23)20-17-18-9-12-24-17/h1-3,5-6,9,12,14H,4,7-8,10-11H2,(H,19,22)(H,18,20,23). The topological polar surface area (TPSA) is 74.3 Å². The van der Waals surface area contributed by atoms with Gasteiger partial charge in [0.05, 0.1) is 6.04 Å². The monoisotopic (exact) mass is 344 g/mol. The fraction of sp³-hybridized carbons (Fsp3) is 0.353. The van der Waals surface area contributed by atoms with Crippen molar-refractivity contribution < 1.29 is 9.59 Å². The number of nitrogens with one attached hydrogen (secondary N) is 2. The first-order valence-corrected chi connectivity index (χ1v) is 8.89. The van der Waals surface area contributed by atoms with Gasteiger partial charge in [0, 0.05) is 30.2 Å². The molecule has 1 saturated heterocycles. The maximum Gasteiger partial charge on any atom is 0.243 e. The number of anilines is 2. The van der Waals surface area contributed by atoms with E-state index in [1.54, 1.807) is 6.20 Å². The summed E-state index contributed by atoms with van der Waals surface area (Å²) in [6.07, 6.45) is 3.82. The molecule has 1 aliphatic rings. The number of hydrogen-bond donors (Lipinski definition) is 2. The molecule has 1 aliphatic heterocycles. The zero-order chi connectivity index (χ0) is 16.8. The van der Waals surface area contributed by atoms with Gasteiger partial charge in [-0.1, -0.05) is 18.2 Å². The van der Waals surface area contributed by atoms with Crippen molar-refractivity contribution >= 4 is 34.0 Å². The summed E-state index contributed by atoms with van der Waals surface area (Å²) in [6.45, 7) is 1.42. The molecule has 1 aromatic carbocycles. The molecule has 2 N–H and O–H groups in total. The SMILES string of the molecule is O=C(CCN1CCCC1C(=O)Nc1nccs1)Nc1ccccc1. The third-order valence-electron chi connectivity index (χ3n) is 4.01. The Morgan fingerprint density at radius 3 is 2.83 bits per heavy atom. The highest BCUT2D eigenvalue weighted by molar-refractivity contribution is 7.13. The van der Waals surface area contributed by atoms with Gasteiger partial charge < -0.3 is 10.6 Å². The van der Waals surface area contributed by atoms with Crippen molar-refractivity contribution in [1.29, 1.82) is 0 Å². The summed E-state index contributed by atoms with van der Waals surface area (Å²) in [4.78, 5) is 30.6. The molecule has 24 heavy (non-hydrogen) atoms. The number of likely N-dealkylation sites (tertiary alicyclic amines) is 1. The number of amides is 2. The minimum atomic E-state index is -0.182. The predicted octanol–water partition coefficient (Wildman–Crippen LogP) is 2.57. The van der Waals surface area contributed by atoms with E-state index in [-0.39, 0.29) is 17.9 Å². The number of nitrogens with zero attached hydrogens (tertiary/aromatic N) is 2. The molecule has 0 radical (unpaired) electrons. The maximum atomic E-state index is 12.4. The molecule has 2 aromatic rings. The van der Waals surface area contributed by atoms with Gasteiger partial charge in [-0.3, -0.25) is 14.5 Å². The van der Waals surface area contributed by atoms with Crippen LogP contribution in [0.4, 0.5) is 10.8 Å². The number of thiazole rings is 1. The van der Waals surface area contributed by atoms with Gasteiger partial charge in [0.1, 0.15) is 0 Å². The number of rotatable bonds is 6. The average molecular weight is 344 g/mol. The fourth-order valence-electron chi connectivity index (χ4n) is 2.85. The Labute approximate surface area is 144 Å². The molecule has 0 spiro atoms. The van der Waals surface area contributed by atoms with E-state index in [0.717, 1.165) is 25.1 Å². The highest BCUT2D eigenvalue weighted by Crippen LogP contribution is 2.20. The summed E-state index contributed by atoms with van der Waals surface area (Å²) in [5.74, 6) is -0.0712. The molecule has 1 atom stereocenters. The van der Waals surface area contributed by atoms with E-state index in [9.17, 15) is 9.59 Å². The molecule has 0 bridgehead atoms. The summed E-state index contributed by atoms with van der Waals surface area (Å²) >= 11 is 1.41. The van der Waals surface area contributed by atoms with Crippen molar-refractivity contribution in [1.82, 2.24) is 9.88 Å². The largest absolute Gasteiger partial charge is 0.326 e. The van der Waals surface area contributed by atoms with E-state index < -0.39 is 0 Å². The lowest BCUT2D eigenvalue weighted by molar-refractivity contribution is -0.121. The van der Waals surface area contributed by atoms with Gasteiger partial charge in [-0.15, -0.1) is 11.3 Å². The second-order valence-electron chi connectivity index (χ2n) is 5.68. The lowest BCUT2D eigenvalue weighted by Crippen LogP contribution is -2.40. The first-order chi connectivity index (χ1) is 11.7. The summed E-state index contributed by atoms with van der Waals surface area (Å²) in [5, 5.41) is 8.17. The number of aromatic nitrogens is 1. The highest BCUT2D eigenvalue weighted by Gasteiger charge is 2.31. The van der Waals surface area contributed by atoms with Crippen LogP contribution in [0.5, 0.6) is 0 Å². The molecule has 1 aromatic heterocycles. The molecule has 7 heteroatoms. The fourth-order valence-corrected chi connectivity index (χ4v) is 3.39. The molecule has 0 aliphatic carbocycles. The van der Waals surface area contributed by atoms with Crippen LogP contribution in [0.15, 0.2) is 41.9 Å². The molecular weight excluding hydrogens is 324 g/mol. The van der Waals surface area contributed by atoms with Crippen LogP contribution < -0.4 is 10.6 Å². The lowest BCUT2D eigenvalue weighted by Gasteiger charge is -2.22. The number of carbonyl (C=O) groups excluding carboxylic acids is 2. The minimum absolute atomic E-state index is 0.0350. The van der Waals surface area contributed by atoms with Crippen molar-refractivity contribution in [3.63, 3.8) is 0 Å². The molecule has 0 saturated carbocycles. The number of hydrogen-bond acceptors (Lipinski definition) is 5. The minimum Gasteiger partial charge on any atom is -0.326 e. The van der Waals surface area contributed by atoms with Gasteiger partial charge in [0.15, 0.2) is 5.13 Å². The van der Waals surface area contributed by atoms with Crippen LogP contribution in [0.25, 0.3) is 0 Å². The van der Waals surface area contributed by atoms with Crippen LogP contribution in [0.2, 0.25) is 0 Å². The van der Waals surface area contributed by atoms with Crippen LogP contribution in [0.1, 0.15) is 19.3 Å². The third-order valence-corrected chi connectivity index (χ3v) is 4.70. The van der Waals surface area contributed by atoms with E-state index in [4.69, 9.17) is 0 Å². The highest BCUT2D eigenvalue weighted by atomic mass is 32.1. The molecule has 126 valence electrons. The maximum absolute atomic E-state index is 12.4. The molecule has 1 fully saturated rings. The molecule has 2 amide bonds. The van der Waals surface area contributed by atoms with Crippen LogP contribution in [-0.2, 0) is 9.59 Å². The van der Waals surface area contributed by atoms with E-state index in [1.165, 1.54) is 11.3 Å². The average Bonchev–Trinajstić information content (AvgIpc) is 3.25. The Kier molecular flexibility index (Phi) is 5.55. The van der Waals surface area contributed by atoms with E-state index in [0.29, 0.717) is 18.1 Å². The van der Waals surface area contributed by atoms with Crippen molar-refractivity contribution in [2.24, 2.45) is 0 Å². The Bertz CT molecular complexity index is 675. The summed E-state index contributed by atoms with van der Waals surface area (Å²) in [7, 11) is 0. The summed E-state index contributed by atoms with van der Waals surface area (Å²) in [6, 6.07) is 9.21. The molecular formula is C17H20N4O2S. The van der Waals surface area contributed by atoms with Gasteiger partial charge in [-0.2, -0.15) is 0 Å². The Hall–Kier alpha value is -2.25. The number of carbonyl (C=O) groups is 2. The van der Waals surface area contributed by atoms with E-state index in [2.05, 4.69) is 20.5 Å². The van der Waals surface area contributed by atoms with Crippen LogP contribution in [0.3, 0.4) is 0 Å². The van der Waals surface area contributed by atoms with Gasteiger partial charge in [-0.05, 0) is 31.5 Å². The smallest absolute Gasteiger partial charge is 0.243 e. The van der Waals surface area contributed by atoms with Gasteiger partial charge >= 0.3 is 0 Å². The Morgan fingerprint density at radius 2 is 2.08 bits per heavy atom.